The highest BCUT2D eigenvalue weighted by Gasteiger charge is 2.23. The topological polar surface area (TPSA) is 0 Å². The Morgan fingerprint density at radius 1 is 1.70 bits per heavy atom. The fourth-order valence-electron chi connectivity index (χ4n) is 0.545. The third-order valence-corrected chi connectivity index (χ3v) is 2.03. The summed E-state index contributed by atoms with van der Waals surface area (Å²) in [6.45, 7) is 5.10. The molecular formula is C7H11ClF2. The third-order valence-electron chi connectivity index (χ3n) is 1.42. The van der Waals surface area contributed by atoms with Crippen molar-refractivity contribution in [3.05, 3.63) is 12.7 Å². The van der Waals surface area contributed by atoms with E-state index in [2.05, 4.69) is 6.58 Å². The normalized spacial score (nSPS) is 16.9. The van der Waals surface area contributed by atoms with E-state index in [9.17, 15) is 8.78 Å². The molecule has 0 aromatic carbocycles. The molecule has 0 heterocycles. The van der Waals surface area contributed by atoms with Crippen LogP contribution in [0.3, 0.4) is 0 Å². The summed E-state index contributed by atoms with van der Waals surface area (Å²) < 4.78 is 23.6. The molecule has 0 saturated heterocycles. The lowest BCUT2D eigenvalue weighted by atomic mass is 9.90. The Kier molecular flexibility index (Phi) is 3.87. The van der Waals surface area contributed by atoms with Crippen LogP contribution in [0.25, 0.3) is 0 Å². The second kappa shape index (κ2) is 3.91. The molecule has 60 valence electrons. The first-order valence-electron chi connectivity index (χ1n) is 3.02. The van der Waals surface area contributed by atoms with Gasteiger partial charge < -0.3 is 0 Å². The van der Waals surface area contributed by atoms with E-state index in [4.69, 9.17) is 11.6 Å². The zero-order valence-electron chi connectivity index (χ0n) is 5.91. The summed E-state index contributed by atoms with van der Waals surface area (Å²) in [7, 11) is 0. The highest BCUT2D eigenvalue weighted by atomic mass is 35.5. The predicted molar refractivity (Wildman–Crippen MR) is 39.6 cm³/mol. The maximum Gasteiger partial charge on any atom is 0.239 e. The minimum absolute atomic E-state index is 0.195. The molecule has 0 aliphatic carbocycles. The van der Waals surface area contributed by atoms with Crippen LogP contribution in [0.2, 0.25) is 0 Å². The highest BCUT2D eigenvalue weighted by molar-refractivity contribution is 6.18. The number of rotatable bonds is 4. The maximum absolute atomic E-state index is 11.8. The average Bonchev–Trinajstić information content (AvgIpc) is 1.87. The summed E-state index contributed by atoms with van der Waals surface area (Å²) in [5.41, 5.74) is -0.615. The van der Waals surface area contributed by atoms with E-state index in [-0.39, 0.29) is 12.3 Å². The Bertz CT molecular complexity index is 114. The second-order valence-electron chi connectivity index (χ2n) is 2.59. The molecule has 0 saturated carbocycles. The van der Waals surface area contributed by atoms with E-state index >= 15 is 0 Å². The summed E-state index contributed by atoms with van der Waals surface area (Å²) in [4.78, 5) is 0. The van der Waals surface area contributed by atoms with Crippen molar-refractivity contribution in [3.8, 4) is 0 Å². The average molecular weight is 169 g/mol. The molecule has 0 spiro atoms. The molecule has 1 atom stereocenters. The van der Waals surface area contributed by atoms with Crippen molar-refractivity contribution in [2.24, 2.45) is 5.41 Å². The van der Waals surface area contributed by atoms with Crippen LogP contribution < -0.4 is 0 Å². The molecule has 0 bridgehead atoms. The first-order chi connectivity index (χ1) is 4.54. The fraction of sp³-hybridized carbons (Fsp3) is 0.714. The molecule has 0 rings (SSSR count). The van der Waals surface area contributed by atoms with Crippen LogP contribution >= 0.6 is 11.6 Å². The molecule has 0 aromatic rings. The van der Waals surface area contributed by atoms with Crippen LogP contribution in [0.1, 0.15) is 13.3 Å². The second-order valence-corrected chi connectivity index (χ2v) is 2.85. The van der Waals surface area contributed by atoms with Gasteiger partial charge in [0.15, 0.2) is 0 Å². The number of hydrogen-bond acceptors (Lipinski definition) is 0. The van der Waals surface area contributed by atoms with Gasteiger partial charge in [0.1, 0.15) is 0 Å². The molecule has 0 aliphatic rings. The van der Waals surface area contributed by atoms with Gasteiger partial charge >= 0.3 is 0 Å². The molecule has 0 aliphatic heterocycles. The summed E-state index contributed by atoms with van der Waals surface area (Å²) >= 11 is 5.45. The lowest BCUT2D eigenvalue weighted by Crippen LogP contribution is -2.18. The van der Waals surface area contributed by atoms with Crippen LogP contribution in [-0.2, 0) is 0 Å². The number of alkyl halides is 3. The van der Waals surface area contributed by atoms with Crippen molar-refractivity contribution in [2.45, 2.75) is 19.8 Å². The maximum atomic E-state index is 11.8. The highest BCUT2D eigenvalue weighted by Crippen LogP contribution is 2.27. The standard InChI is InChI=1S/C7H11ClF2/c1-3-7(2,5-8)4-6(9)10/h3,6H,1,4-5H2,2H3. The zero-order valence-corrected chi connectivity index (χ0v) is 6.67. The molecular weight excluding hydrogens is 158 g/mol. The van der Waals surface area contributed by atoms with Crippen molar-refractivity contribution >= 4 is 11.6 Å². The van der Waals surface area contributed by atoms with E-state index in [1.54, 1.807) is 6.92 Å². The Morgan fingerprint density at radius 3 is 2.30 bits per heavy atom. The summed E-state index contributed by atoms with van der Waals surface area (Å²) in [6.07, 6.45) is -1.03. The molecule has 1 unspecified atom stereocenters. The van der Waals surface area contributed by atoms with Gasteiger partial charge in [0, 0.05) is 17.7 Å². The first kappa shape index (κ1) is 9.89. The minimum Gasteiger partial charge on any atom is -0.211 e. The van der Waals surface area contributed by atoms with Crippen molar-refractivity contribution in [2.75, 3.05) is 5.88 Å². The molecule has 0 amide bonds. The molecule has 0 aromatic heterocycles. The lowest BCUT2D eigenvalue weighted by Gasteiger charge is -2.21. The fourth-order valence-corrected chi connectivity index (χ4v) is 0.763. The monoisotopic (exact) mass is 168 g/mol. The van der Waals surface area contributed by atoms with Gasteiger partial charge in [-0.05, 0) is 0 Å². The Balaban J connectivity index is 3.92. The van der Waals surface area contributed by atoms with Crippen LogP contribution in [0.5, 0.6) is 0 Å². The number of halogens is 3. The van der Waals surface area contributed by atoms with Crippen LogP contribution in [0.4, 0.5) is 8.78 Å². The van der Waals surface area contributed by atoms with E-state index in [1.807, 2.05) is 0 Å². The van der Waals surface area contributed by atoms with Gasteiger partial charge in [0.05, 0.1) is 0 Å². The first-order valence-corrected chi connectivity index (χ1v) is 3.55. The number of allylic oxidation sites excluding steroid dienone is 1. The molecule has 3 heteroatoms. The Morgan fingerprint density at radius 2 is 2.20 bits per heavy atom. The van der Waals surface area contributed by atoms with E-state index < -0.39 is 11.8 Å². The molecule has 10 heavy (non-hydrogen) atoms. The minimum atomic E-state index is -2.30. The zero-order chi connectivity index (χ0) is 8.20. The Labute approximate surface area is 64.9 Å². The SMILES string of the molecule is C=CC(C)(CCl)CC(F)F. The van der Waals surface area contributed by atoms with Gasteiger partial charge in [-0.15, -0.1) is 18.2 Å². The molecule has 0 nitrogen and oxygen atoms in total. The summed E-state index contributed by atoms with van der Waals surface area (Å²) in [6, 6.07) is 0. The van der Waals surface area contributed by atoms with Crippen molar-refractivity contribution < 1.29 is 8.78 Å². The summed E-state index contributed by atoms with van der Waals surface area (Å²) in [5.74, 6) is 0.195. The van der Waals surface area contributed by atoms with Gasteiger partial charge in [0.25, 0.3) is 0 Å². The van der Waals surface area contributed by atoms with Crippen molar-refractivity contribution in [3.63, 3.8) is 0 Å². The van der Waals surface area contributed by atoms with Gasteiger partial charge in [-0.1, -0.05) is 13.0 Å². The van der Waals surface area contributed by atoms with Gasteiger partial charge in [-0.25, -0.2) is 8.78 Å². The lowest BCUT2D eigenvalue weighted by molar-refractivity contribution is 0.105. The van der Waals surface area contributed by atoms with Crippen LogP contribution in [-0.4, -0.2) is 12.3 Å². The van der Waals surface area contributed by atoms with Crippen molar-refractivity contribution in [1.29, 1.82) is 0 Å². The van der Waals surface area contributed by atoms with Crippen LogP contribution in [0.15, 0.2) is 12.7 Å². The molecule has 0 N–H and O–H groups in total. The largest absolute Gasteiger partial charge is 0.239 e. The molecule has 0 radical (unpaired) electrons. The molecule has 0 fully saturated rings. The van der Waals surface area contributed by atoms with E-state index in [0.717, 1.165) is 0 Å². The van der Waals surface area contributed by atoms with Gasteiger partial charge in [-0.3, -0.25) is 0 Å². The van der Waals surface area contributed by atoms with E-state index in [1.165, 1.54) is 6.08 Å². The third kappa shape index (κ3) is 3.16. The quantitative estimate of drug-likeness (QED) is 0.447. The Hall–Kier alpha value is -0.110. The number of hydrogen-bond donors (Lipinski definition) is 0. The predicted octanol–water partition coefficient (Wildman–Crippen LogP) is 3.07. The van der Waals surface area contributed by atoms with Crippen molar-refractivity contribution in [1.82, 2.24) is 0 Å². The van der Waals surface area contributed by atoms with E-state index in [0.29, 0.717) is 0 Å². The van der Waals surface area contributed by atoms with Gasteiger partial charge in [0.2, 0.25) is 6.43 Å². The van der Waals surface area contributed by atoms with Crippen LogP contribution in [0, 0.1) is 5.41 Å². The summed E-state index contributed by atoms with van der Waals surface area (Å²) in [5, 5.41) is 0. The van der Waals surface area contributed by atoms with Gasteiger partial charge in [-0.2, -0.15) is 0 Å². The smallest absolute Gasteiger partial charge is 0.211 e.